The van der Waals surface area contributed by atoms with Gasteiger partial charge in [-0.15, -0.1) is 0 Å². The fourth-order valence-corrected chi connectivity index (χ4v) is 1.89. The van der Waals surface area contributed by atoms with Gasteiger partial charge in [0.25, 0.3) is 5.91 Å². The lowest BCUT2D eigenvalue weighted by molar-refractivity contribution is 0.0765. The maximum Gasteiger partial charge on any atom is 0.253 e. The molecule has 1 fully saturated rings. The van der Waals surface area contributed by atoms with Crippen LogP contribution in [0.1, 0.15) is 22.3 Å². The van der Waals surface area contributed by atoms with Crippen molar-refractivity contribution in [2.45, 2.75) is 19.4 Å². The lowest BCUT2D eigenvalue weighted by Gasteiger charge is -2.15. The molecule has 1 heterocycles. The van der Waals surface area contributed by atoms with E-state index in [1.54, 1.807) is 17.9 Å². The molecule has 1 amide bonds. The summed E-state index contributed by atoms with van der Waals surface area (Å²) in [5, 5.41) is 9.34. The SMILES string of the molecule is Cc1cc(C(=O)N2CCC(O)C2)ccc1F. The van der Waals surface area contributed by atoms with Crippen LogP contribution in [0.3, 0.4) is 0 Å². The van der Waals surface area contributed by atoms with E-state index in [-0.39, 0.29) is 11.7 Å². The zero-order valence-corrected chi connectivity index (χ0v) is 9.11. The van der Waals surface area contributed by atoms with Crippen LogP contribution >= 0.6 is 0 Å². The predicted molar refractivity (Wildman–Crippen MR) is 57.7 cm³/mol. The second kappa shape index (κ2) is 4.22. The van der Waals surface area contributed by atoms with Crippen molar-refractivity contribution in [3.8, 4) is 0 Å². The second-order valence-electron chi connectivity index (χ2n) is 4.16. The highest BCUT2D eigenvalue weighted by Gasteiger charge is 2.25. The summed E-state index contributed by atoms with van der Waals surface area (Å²) in [6.45, 7) is 2.57. The minimum Gasteiger partial charge on any atom is -0.391 e. The number of hydrogen-bond acceptors (Lipinski definition) is 2. The van der Waals surface area contributed by atoms with Gasteiger partial charge in [0.15, 0.2) is 0 Å². The van der Waals surface area contributed by atoms with Crippen molar-refractivity contribution in [3.63, 3.8) is 0 Å². The van der Waals surface area contributed by atoms with E-state index < -0.39 is 6.10 Å². The normalized spacial score (nSPS) is 20.2. The maximum absolute atomic E-state index is 13.0. The minimum absolute atomic E-state index is 0.139. The topological polar surface area (TPSA) is 40.5 Å². The number of β-amino-alcohol motifs (C(OH)–C–C–N with tert-alkyl or cyclic N) is 1. The van der Waals surface area contributed by atoms with Gasteiger partial charge < -0.3 is 10.0 Å². The summed E-state index contributed by atoms with van der Waals surface area (Å²) in [5.74, 6) is -0.447. The molecule has 1 unspecified atom stereocenters. The predicted octanol–water partition coefficient (Wildman–Crippen LogP) is 1.34. The van der Waals surface area contributed by atoms with Crippen molar-refractivity contribution in [3.05, 3.63) is 35.1 Å². The van der Waals surface area contributed by atoms with Gasteiger partial charge in [0.2, 0.25) is 0 Å². The summed E-state index contributed by atoms with van der Waals surface area (Å²) in [6, 6.07) is 4.33. The third-order valence-electron chi connectivity index (χ3n) is 2.86. The Hall–Kier alpha value is -1.42. The van der Waals surface area contributed by atoms with E-state index in [0.717, 1.165) is 0 Å². The molecule has 86 valence electrons. The largest absolute Gasteiger partial charge is 0.391 e. The lowest BCUT2D eigenvalue weighted by atomic mass is 10.1. The number of aliphatic hydroxyl groups excluding tert-OH is 1. The second-order valence-corrected chi connectivity index (χ2v) is 4.16. The molecule has 1 N–H and O–H groups in total. The van der Waals surface area contributed by atoms with Gasteiger partial charge in [-0.25, -0.2) is 4.39 Å². The Balaban J connectivity index is 2.18. The summed E-state index contributed by atoms with van der Waals surface area (Å²) in [7, 11) is 0. The summed E-state index contributed by atoms with van der Waals surface area (Å²) in [6.07, 6.45) is 0.192. The van der Waals surface area contributed by atoms with Crippen LogP contribution in [0.25, 0.3) is 0 Å². The van der Waals surface area contributed by atoms with Crippen LogP contribution in [0, 0.1) is 12.7 Å². The first-order chi connectivity index (χ1) is 7.58. The molecule has 16 heavy (non-hydrogen) atoms. The van der Waals surface area contributed by atoms with Crippen LogP contribution in [-0.4, -0.2) is 35.1 Å². The van der Waals surface area contributed by atoms with Gasteiger partial charge in [-0.2, -0.15) is 0 Å². The Kier molecular flexibility index (Phi) is 2.92. The van der Waals surface area contributed by atoms with Gasteiger partial charge in [-0.3, -0.25) is 4.79 Å². The monoisotopic (exact) mass is 223 g/mol. The van der Waals surface area contributed by atoms with E-state index in [2.05, 4.69) is 0 Å². The highest BCUT2D eigenvalue weighted by Crippen LogP contribution is 2.15. The molecule has 0 spiro atoms. The number of carbonyl (C=O) groups excluding carboxylic acids is 1. The van der Waals surface area contributed by atoms with Crippen LogP contribution in [0.4, 0.5) is 4.39 Å². The smallest absolute Gasteiger partial charge is 0.253 e. The van der Waals surface area contributed by atoms with Crippen LogP contribution in [-0.2, 0) is 0 Å². The highest BCUT2D eigenvalue weighted by atomic mass is 19.1. The number of halogens is 1. The Morgan fingerprint density at radius 3 is 2.88 bits per heavy atom. The Morgan fingerprint density at radius 2 is 2.31 bits per heavy atom. The molecule has 3 nitrogen and oxygen atoms in total. The van der Waals surface area contributed by atoms with Crippen molar-refractivity contribution < 1.29 is 14.3 Å². The molecule has 4 heteroatoms. The van der Waals surface area contributed by atoms with Crippen LogP contribution in [0.15, 0.2) is 18.2 Å². The summed E-state index contributed by atoms with van der Waals surface area (Å²) in [5.41, 5.74) is 0.943. The van der Waals surface area contributed by atoms with Crippen molar-refractivity contribution >= 4 is 5.91 Å². The molecule has 1 aromatic carbocycles. The van der Waals surface area contributed by atoms with E-state index in [1.165, 1.54) is 12.1 Å². The summed E-state index contributed by atoms with van der Waals surface area (Å²) in [4.78, 5) is 13.5. The summed E-state index contributed by atoms with van der Waals surface area (Å²) < 4.78 is 13.0. The lowest BCUT2D eigenvalue weighted by Crippen LogP contribution is -2.29. The van der Waals surface area contributed by atoms with Gasteiger partial charge in [0.05, 0.1) is 6.10 Å². The average Bonchev–Trinajstić information content (AvgIpc) is 2.68. The molecule has 0 aliphatic carbocycles. The number of carbonyl (C=O) groups is 1. The number of hydrogen-bond donors (Lipinski definition) is 1. The van der Waals surface area contributed by atoms with Crippen molar-refractivity contribution in [1.82, 2.24) is 4.90 Å². The Bertz CT molecular complexity index is 419. The number of amides is 1. The van der Waals surface area contributed by atoms with Gasteiger partial charge in [0.1, 0.15) is 5.82 Å². The maximum atomic E-state index is 13.0. The van der Waals surface area contributed by atoms with E-state index in [1.807, 2.05) is 0 Å². The summed E-state index contributed by atoms with van der Waals surface area (Å²) >= 11 is 0. The van der Waals surface area contributed by atoms with Crippen LogP contribution in [0.5, 0.6) is 0 Å². The van der Waals surface area contributed by atoms with Crippen LogP contribution < -0.4 is 0 Å². The number of nitrogens with zero attached hydrogens (tertiary/aromatic N) is 1. The molecule has 1 atom stereocenters. The van der Waals surface area contributed by atoms with E-state index in [9.17, 15) is 14.3 Å². The number of benzene rings is 1. The number of aryl methyl sites for hydroxylation is 1. The number of aliphatic hydroxyl groups is 1. The van der Waals surface area contributed by atoms with Crippen molar-refractivity contribution in [2.24, 2.45) is 0 Å². The first-order valence-corrected chi connectivity index (χ1v) is 5.31. The third-order valence-corrected chi connectivity index (χ3v) is 2.86. The van der Waals surface area contributed by atoms with Gasteiger partial charge in [0, 0.05) is 18.7 Å². The quantitative estimate of drug-likeness (QED) is 0.780. The standard InChI is InChI=1S/C12H14FNO2/c1-8-6-9(2-3-11(8)13)12(16)14-5-4-10(15)7-14/h2-3,6,10,15H,4-5,7H2,1H3. The number of rotatable bonds is 1. The first-order valence-electron chi connectivity index (χ1n) is 5.31. The Morgan fingerprint density at radius 1 is 1.56 bits per heavy atom. The van der Waals surface area contributed by atoms with Crippen LogP contribution in [0.2, 0.25) is 0 Å². The molecular weight excluding hydrogens is 209 g/mol. The molecule has 1 aromatic rings. The molecular formula is C12H14FNO2. The minimum atomic E-state index is -0.425. The molecule has 0 bridgehead atoms. The first kappa shape index (κ1) is 11.1. The van der Waals surface area contributed by atoms with Gasteiger partial charge in [-0.1, -0.05) is 0 Å². The zero-order valence-electron chi connectivity index (χ0n) is 9.11. The highest BCUT2D eigenvalue weighted by molar-refractivity contribution is 5.94. The molecule has 1 aliphatic rings. The molecule has 1 saturated heterocycles. The van der Waals surface area contributed by atoms with Crippen molar-refractivity contribution in [1.29, 1.82) is 0 Å². The molecule has 1 aliphatic heterocycles. The molecule has 0 saturated carbocycles. The Labute approximate surface area is 93.5 Å². The molecule has 2 rings (SSSR count). The van der Waals surface area contributed by atoms with E-state index in [4.69, 9.17) is 0 Å². The van der Waals surface area contributed by atoms with Gasteiger partial charge in [-0.05, 0) is 37.1 Å². The van der Waals surface area contributed by atoms with Gasteiger partial charge >= 0.3 is 0 Å². The number of likely N-dealkylation sites (tertiary alicyclic amines) is 1. The third kappa shape index (κ3) is 2.07. The van der Waals surface area contributed by atoms with E-state index in [0.29, 0.717) is 30.6 Å². The van der Waals surface area contributed by atoms with Crippen molar-refractivity contribution in [2.75, 3.05) is 13.1 Å². The molecule has 0 radical (unpaired) electrons. The fraction of sp³-hybridized carbons (Fsp3) is 0.417. The molecule has 0 aromatic heterocycles. The zero-order chi connectivity index (χ0) is 11.7. The fourth-order valence-electron chi connectivity index (χ4n) is 1.89. The van der Waals surface area contributed by atoms with E-state index >= 15 is 0 Å². The average molecular weight is 223 g/mol.